The van der Waals surface area contributed by atoms with Gasteiger partial charge in [-0.15, -0.1) is 0 Å². The Morgan fingerprint density at radius 2 is 2.14 bits per heavy atom. The van der Waals surface area contributed by atoms with E-state index in [0.717, 1.165) is 55.0 Å². The second kappa shape index (κ2) is 6.53. The van der Waals surface area contributed by atoms with E-state index >= 15 is 0 Å². The summed E-state index contributed by atoms with van der Waals surface area (Å²) in [5.41, 5.74) is 2.14. The molecule has 1 aromatic carbocycles. The van der Waals surface area contributed by atoms with E-state index in [4.69, 9.17) is 4.74 Å². The van der Waals surface area contributed by atoms with E-state index in [1.54, 1.807) is 7.11 Å². The number of nitrogens with one attached hydrogen (secondary N) is 2. The molecule has 1 heterocycles. The van der Waals surface area contributed by atoms with E-state index < -0.39 is 0 Å². The van der Waals surface area contributed by atoms with Crippen molar-refractivity contribution in [2.75, 3.05) is 13.7 Å². The lowest BCUT2D eigenvalue weighted by molar-refractivity contribution is -0.122. The van der Waals surface area contributed by atoms with E-state index in [1.807, 2.05) is 6.07 Å². The Hall–Kier alpha value is -0.530. The number of halogens is 3. The Labute approximate surface area is 153 Å². The van der Waals surface area contributed by atoms with Crippen LogP contribution < -0.4 is 10.1 Å². The first-order valence-corrected chi connectivity index (χ1v) is 9.40. The molecule has 1 aliphatic carbocycles. The summed E-state index contributed by atoms with van der Waals surface area (Å²) in [6.45, 7) is 0.631. The van der Waals surface area contributed by atoms with Crippen LogP contribution in [0.4, 0.5) is 0 Å². The van der Waals surface area contributed by atoms with Crippen LogP contribution in [0, 0.1) is 5.92 Å². The number of ether oxygens (including phenoxy) is 1. The molecule has 1 aliphatic rings. The first-order chi connectivity index (χ1) is 10.5. The van der Waals surface area contributed by atoms with E-state index in [1.165, 1.54) is 0 Å². The maximum atomic E-state index is 11.7. The number of benzene rings is 1. The van der Waals surface area contributed by atoms with Crippen LogP contribution >= 0.6 is 47.8 Å². The van der Waals surface area contributed by atoms with Gasteiger partial charge in [-0.25, -0.2) is 0 Å². The molecule has 0 radical (unpaired) electrons. The zero-order valence-electron chi connectivity index (χ0n) is 11.9. The summed E-state index contributed by atoms with van der Waals surface area (Å²) in [7, 11) is 1.65. The maximum absolute atomic E-state index is 11.7. The quantitative estimate of drug-likeness (QED) is 0.641. The third kappa shape index (κ3) is 3.08. The second-order valence-corrected chi connectivity index (χ2v) is 7.80. The number of carbonyl (C=O) groups is 1. The summed E-state index contributed by atoms with van der Waals surface area (Å²) >= 11 is 10.7. The topological polar surface area (TPSA) is 54.1 Å². The normalized spacial score (nSPS) is 14.4. The highest BCUT2D eigenvalue weighted by Crippen LogP contribution is 2.42. The molecular weight excluding hydrogens is 480 g/mol. The predicted octanol–water partition coefficient (Wildman–Crippen LogP) is 4.53. The molecule has 4 nitrogen and oxygen atoms in total. The fourth-order valence-corrected chi connectivity index (χ4v) is 4.81. The highest BCUT2D eigenvalue weighted by Gasteiger charge is 2.29. The summed E-state index contributed by atoms with van der Waals surface area (Å²) in [6.07, 6.45) is 2.81. The molecule has 0 spiro atoms. The Morgan fingerprint density at radius 1 is 1.41 bits per heavy atom. The van der Waals surface area contributed by atoms with Crippen LogP contribution in [-0.2, 0) is 11.2 Å². The Morgan fingerprint density at radius 3 is 2.77 bits per heavy atom. The molecule has 7 heteroatoms. The van der Waals surface area contributed by atoms with Gasteiger partial charge in [0.1, 0.15) is 5.75 Å². The third-order valence-corrected chi connectivity index (χ3v) is 5.84. The summed E-state index contributed by atoms with van der Waals surface area (Å²) in [4.78, 5) is 15.0. The van der Waals surface area contributed by atoms with E-state index in [9.17, 15) is 4.79 Å². The van der Waals surface area contributed by atoms with Gasteiger partial charge in [-0.2, -0.15) is 0 Å². The number of carbonyl (C=O) groups excluding carboxylic acids is 1. The number of aromatic amines is 1. The first-order valence-electron chi connectivity index (χ1n) is 7.02. The molecule has 118 valence electrons. The minimum absolute atomic E-state index is 0.176. The van der Waals surface area contributed by atoms with E-state index in [2.05, 4.69) is 58.1 Å². The van der Waals surface area contributed by atoms with E-state index in [0.29, 0.717) is 6.54 Å². The van der Waals surface area contributed by atoms with Crippen molar-refractivity contribution in [1.82, 2.24) is 10.3 Å². The summed E-state index contributed by atoms with van der Waals surface area (Å²) in [5.74, 6) is 1.19. The van der Waals surface area contributed by atoms with E-state index in [-0.39, 0.29) is 11.8 Å². The van der Waals surface area contributed by atoms with Gasteiger partial charge in [0.2, 0.25) is 5.91 Å². The lowest BCUT2D eigenvalue weighted by Crippen LogP contribution is -2.26. The van der Waals surface area contributed by atoms with Crippen LogP contribution in [0.5, 0.6) is 5.75 Å². The van der Waals surface area contributed by atoms with Gasteiger partial charge in [-0.3, -0.25) is 4.79 Å². The maximum Gasteiger partial charge on any atom is 0.223 e. The van der Waals surface area contributed by atoms with Crippen molar-refractivity contribution in [2.24, 2.45) is 5.92 Å². The zero-order chi connectivity index (χ0) is 15.9. The summed E-state index contributed by atoms with van der Waals surface area (Å²) < 4.78 is 8.17. The molecule has 0 bridgehead atoms. The molecule has 1 fully saturated rings. The van der Waals surface area contributed by atoms with Crippen LogP contribution in [0.2, 0.25) is 0 Å². The average Bonchev–Trinajstić information content (AvgIpc) is 3.25. The van der Waals surface area contributed by atoms with Gasteiger partial charge in [0, 0.05) is 23.4 Å². The molecule has 2 aromatic rings. The van der Waals surface area contributed by atoms with Gasteiger partial charge in [-0.1, -0.05) is 0 Å². The monoisotopic (exact) mass is 492 g/mol. The zero-order valence-corrected chi connectivity index (χ0v) is 16.7. The molecule has 1 saturated carbocycles. The number of aromatic nitrogens is 1. The molecule has 1 aromatic heterocycles. The molecule has 0 atom stereocenters. The molecule has 2 N–H and O–H groups in total. The van der Waals surface area contributed by atoms with Crippen molar-refractivity contribution in [3.8, 4) is 5.75 Å². The molecule has 1 amide bonds. The minimum atomic E-state index is 0.176. The molecule has 3 rings (SSSR count). The number of H-pyrrole nitrogens is 1. The number of hydrogen-bond acceptors (Lipinski definition) is 2. The third-order valence-electron chi connectivity index (χ3n) is 3.81. The van der Waals surface area contributed by atoms with Gasteiger partial charge >= 0.3 is 0 Å². The molecule has 0 aliphatic heterocycles. The Balaban J connectivity index is 1.87. The van der Waals surface area contributed by atoms with Crippen LogP contribution in [-0.4, -0.2) is 24.5 Å². The van der Waals surface area contributed by atoms with Crippen molar-refractivity contribution < 1.29 is 9.53 Å². The number of fused-ring (bicyclic) bond motifs is 1. The van der Waals surface area contributed by atoms with Crippen LogP contribution in [0.3, 0.4) is 0 Å². The lowest BCUT2D eigenvalue weighted by atomic mass is 10.1. The summed E-state index contributed by atoms with van der Waals surface area (Å²) in [6, 6.07) is 2.00. The number of methoxy groups -OCH3 is 1. The number of amides is 1. The molecular formula is C15H15Br3N2O2. The van der Waals surface area contributed by atoms with Crippen LogP contribution in [0.25, 0.3) is 10.9 Å². The molecule has 22 heavy (non-hydrogen) atoms. The van der Waals surface area contributed by atoms with Crippen molar-refractivity contribution in [2.45, 2.75) is 19.3 Å². The van der Waals surface area contributed by atoms with Crippen LogP contribution in [0.1, 0.15) is 18.4 Å². The Bertz CT molecular complexity index is 738. The Kier molecular flexibility index (Phi) is 4.85. The smallest absolute Gasteiger partial charge is 0.223 e. The largest absolute Gasteiger partial charge is 0.494 e. The van der Waals surface area contributed by atoms with Gasteiger partial charge in [0.25, 0.3) is 0 Å². The number of hydrogen-bond donors (Lipinski definition) is 2. The second-order valence-electron chi connectivity index (χ2n) is 5.36. The fraction of sp³-hybridized carbons (Fsp3) is 0.400. The minimum Gasteiger partial charge on any atom is -0.494 e. The number of rotatable bonds is 5. The van der Waals surface area contributed by atoms with Crippen molar-refractivity contribution in [3.63, 3.8) is 0 Å². The van der Waals surface area contributed by atoms with Crippen molar-refractivity contribution in [3.05, 3.63) is 25.2 Å². The van der Waals surface area contributed by atoms with Crippen molar-refractivity contribution >= 4 is 64.6 Å². The SMILES string of the molecule is COc1c(Br)cc2[nH]c(Br)c(CCNC(=O)C3CC3)c2c1Br. The van der Waals surface area contributed by atoms with Crippen LogP contribution in [0.15, 0.2) is 19.6 Å². The highest BCUT2D eigenvalue weighted by atomic mass is 79.9. The molecule has 0 unspecified atom stereocenters. The van der Waals surface area contributed by atoms with Gasteiger partial charge in [0.05, 0.1) is 20.7 Å². The lowest BCUT2D eigenvalue weighted by Gasteiger charge is -2.09. The predicted molar refractivity (Wildman–Crippen MR) is 97.4 cm³/mol. The van der Waals surface area contributed by atoms with Gasteiger partial charge < -0.3 is 15.0 Å². The first kappa shape index (κ1) is 16.3. The van der Waals surface area contributed by atoms with Gasteiger partial charge in [-0.05, 0) is 78.7 Å². The average molecular weight is 495 g/mol. The molecule has 0 saturated heterocycles. The van der Waals surface area contributed by atoms with Gasteiger partial charge in [0.15, 0.2) is 0 Å². The standard InChI is InChI=1S/C15H15Br3N2O2/c1-22-13-9(16)6-10-11(12(13)17)8(14(18)20-10)4-5-19-15(21)7-2-3-7/h6-7,20H,2-5H2,1H3,(H,19,21). The van der Waals surface area contributed by atoms with Crippen molar-refractivity contribution in [1.29, 1.82) is 0 Å². The fourth-order valence-electron chi connectivity index (χ4n) is 2.52. The summed E-state index contributed by atoms with van der Waals surface area (Å²) in [5, 5.41) is 4.08. The highest BCUT2D eigenvalue weighted by molar-refractivity contribution is 9.11.